The zero-order valence-corrected chi connectivity index (χ0v) is 10.7. The van der Waals surface area contributed by atoms with Crippen LogP contribution in [0.1, 0.15) is 18.9 Å². The first-order valence-electron chi connectivity index (χ1n) is 6.28. The molecule has 0 bridgehead atoms. The van der Waals surface area contributed by atoms with Crippen LogP contribution >= 0.6 is 0 Å². The van der Waals surface area contributed by atoms with Crippen molar-refractivity contribution < 1.29 is 9.15 Å². The Morgan fingerprint density at radius 2 is 2.47 bits per heavy atom. The van der Waals surface area contributed by atoms with Crippen molar-refractivity contribution in [3.63, 3.8) is 0 Å². The molecule has 4 heteroatoms. The summed E-state index contributed by atoms with van der Waals surface area (Å²) in [5.74, 6) is 0. The van der Waals surface area contributed by atoms with Crippen molar-refractivity contribution in [2.75, 3.05) is 26.8 Å². The van der Waals surface area contributed by atoms with Crippen LogP contribution < -0.4 is 5.32 Å². The Kier molecular flexibility index (Phi) is 4.59. The standard InChI is InChI=1S/C13H22N2O2/c1-11(7-13-10-17-6-4-14-13)15(2)8-12-3-5-16-9-12/h3,5,9,11,13-14H,4,6-8,10H2,1-2H3. The molecule has 2 unspecified atom stereocenters. The molecule has 2 heterocycles. The molecule has 1 aliphatic rings. The third-order valence-electron chi connectivity index (χ3n) is 3.39. The van der Waals surface area contributed by atoms with Gasteiger partial charge in [0, 0.05) is 30.7 Å². The summed E-state index contributed by atoms with van der Waals surface area (Å²) in [6.07, 6.45) is 4.66. The second kappa shape index (κ2) is 6.19. The number of morpholine rings is 1. The Labute approximate surface area is 103 Å². The lowest BCUT2D eigenvalue weighted by Crippen LogP contribution is -2.45. The van der Waals surface area contributed by atoms with Gasteiger partial charge in [0.25, 0.3) is 0 Å². The van der Waals surface area contributed by atoms with Crippen molar-refractivity contribution >= 4 is 0 Å². The lowest BCUT2D eigenvalue weighted by molar-refractivity contribution is 0.0638. The van der Waals surface area contributed by atoms with Gasteiger partial charge in [-0.2, -0.15) is 0 Å². The van der Waals surface area contributed by atoms with Gasteiger partial charge < -0.3 is 14.5 Å². The molecule has 0 aliphatic carbocycles. The lowest BCUT2D eigenvalue weighted by Gasteiger charge is -2.30. The van der Waals surface area contributed by atoms with Crippen LogP contribution in [0.25, 0.3) is 0 Å². The Morgan fingerprint density at radius 1 is 1.59 bits per heavy atom. The van der Waals surface area contributed by atoms with Crippen molar-refractivity contribution in [1.29, 1.82) is 0 Å². The summed E-state index contributed by atoms with van der Waals surface area (Å²) in [6, 6.07) is 3.04. The van der Waals surface area contributed by atoms with Gasteiger partial charge in [-0.25, -0.2) is 0 Å². The van der Waals surface area contributed by atoms with Gasteiger partial charge in [-0.05, 0) is 26.5 Å². The van der Waals surface area contributed by atoms with Crippen molar-refractivity contribution in [3.05, 3.63) is 24.2 Å². The highest BCUT2D eigenvalue weighted by Gasteiger charge is 2.18. The van der Waals surface area contributed by atoms with E-state index in [4.69, 9.17) is 9.15 Å². The number of nitrogens with one attached hydrogen (secondary N) is 1. The Balaban J connectivity index is 1.76. The van der Waals surface area contributed by atoms with Gasteiger partial charge in [0.05, 0.1) is 25.7 Å². The highest BCUT2D eigenvalue weighted by atomic mass is 16.5. The SMILES string of the molecule is CC(CC1COCCN1)N(C)Cc1ccoc1. The van der Waals surface area contributed by atoms with Crippen molar-refractivity contribution in [2.24, 2.45) is 0 Å². The maximum atomic E-state index is 5.47. The van der Waals surface area contributed by atoms with Gasteiger partial charge >= 0.3 is 0 Å². The minimum absolute atomic E-state index is 0.491. The topological polar surface area (TPSA) is 37.6 Å². The summed E-state index contributed by atoms with van der Waals surface area (Å²) in [5, 5.41) is 3.49. The van der Waals surface area contributed by atoms with Crippen LogP contribution in [0.4, 0.5) is 0 Å². The molecule has 0 spiro atoms. The fourth-order valence-corrected chi connectivity index (χ4v) is 2.19. The molecule has 1 aliphatic heterocycles. The Hall–Kier alpha value is -0.840. The molecule has 1 aromatic rings. The summed E-state index contributed by atoms with van der Waals surface area (Å²) in [7, 11) is 2.15. The van der Waals surface area contributed by atoms with E-state index in [1.807, 2.05) is 12.3 Å². The van der Waals surface area contributed by atoms with E-state index in [9.17, 15) is 0 Å². The molecular formula is C13H22N2O2. The predicted molar refractivity (Wildman–Crippen MR) is 66.9 cm³/mol. The zero-order valence-electron chi connectivity index (χ0n) is 10.7. The van der Waals surface area contributed by atoms with E-state index in [2.05, 4.69) is 24.2 Å². The van der Waals surface area contributed by atoms with E-state index < -0.39 is 0 Å². The summed E-state index contributed by atoms with van der Waals surface area (Å²) >= 11 is 0. The molecule has 17 heavy (non-hydrogen) atoms. The summed E-state index contributed by atoms with van der Waals surface area (Å²) in [5.41, 5.74) is 1.23. The van der Waals surface area contributed by atoms with Crippen LogP contribution in [0.5, 0.6) is 0 Å². The van der Waals surface area contributed by atoms with Crippen LogP contribution in [0.3, 0.4) is 0 Å². The molecule has 2 atom stereocenters. The van der Waals surface area contributed by atoms with Gasteiger partial charge in [0.2, 0.25) is 0 Å². The smallest absolute Gasteiger partial charge is 0.0947 e. The normalized spacial score (nSPS) is 22.9. The molecule has 1 N–H and O–H groups in total. The maximum Gasteiger partial charge on any atom is 0.0947 e. The molecule has 1 saturated heterocycles. The largest absolute Gasteiger partial charge is 0.472 e. The van der Waals surface area contributed by atoms with E-state index in [1.54, 1.807) is 6.26 Å². The van der Waals surface area contributed by atoms with Gasteiger partial charge in [-0.1, -0.05) is 0 Å². The van der Waals surface area contributed by atoms with Gasteiger partial charge in [0.15, 0.2) is 0 Å². The Bertz CT molecular complexity index is 307. The number of hydrogen-bond acceptors (Lipinski definition) is 4. The average molecular weight is 238 g/mol. The first-order chi connectivity index (χ1) is 8.25. The first-order valence-corrected chi connectivity index (χ1v) is 6.28. The second-order valence-electron chi connectivity index (χ2n) is 4.86. The Morgan fingerprint density at radius 3 is 3.12 bits per heavy atom. The van der Waals surface area contributed by atoms with E-state index in [1.165, 1.54) is 5.56 Å². The van der Waals surface area contributed by atoms with Gasteiger partial charge in [0.1, 0.15) is 0 Å². The number of hydrogen-bond donors (Lipinski definition) is 1. The third kappa shape index (κ3) is 3.84. The van der Waals surface area contributed by atoms with Crippen LogP contribution in [-0.4, -0.2) is 43.8 Å². The summed E-state index contributed by atoms with van der Waals surface area (Å²) in [6.45, 7) is 5.85. The fourth-order valence-electron chi connectivity index (χ4n) is 2.19. The molecule has 1 fully saturated rings. The van der Waals surface area contributed by atoms with Crippen molar-refractivity contribution in [2.45, 2.75) is 32.0 Å². The fraction of sp³-hybridized carbons (Fsp3) is 0.692. The minimum atomic E-state index is 0.491. The van der Waals surface area contributed by atoms with E-state index in [0.717, 1.165) is 32.7 Å². The quantitative estimate of drug-likeness (QED) is 0.843. The third-order valence-corrected chi connectivity index (χ3v) is 3.39. The molecule has 96 valence electrons. The van der Waals surface area contributed by atoms with Crippen molar-refractivity contribution in [3.8, 4) is 0 Å². The van der Waals surface area contributed by atoms with E-state index >= 15 is 0 Å². The molecule has 1 aromatic heterocycles. The lowest BCUT2D eigenvalue weighted by atomic mass is 10.1. The average Bonchev–Trinajstić information content (AvgIpc) is 2.83. The summed E-state index contributed by atoms with van der Waals surface area (Å²) < 4.78 is 10.6. The van der Waals surface area contributed by atoms with Gasteiger partial charge in [-0.15, -0.1) is 0 Å². The monoisotopic (exact) mass is 238 g/mol. The summed E-state index contributed by atoms with van der Waals surface area (Å²) in [4.78, 5) is 2.35. The zero-order chi connectivity index (χ0) is 12.1. The second-order valence-corrected chi connectivity index (χ2v) is 4.86. The van der Waals surface area contributed by atoms with Crippen LogP contribution in [0, 0.1) is 0 Å². The highest BCUT2D eigenvalue weighted by molar-refractivity contribution is 5.04. The van der Waals surface area contributed by atoms with E-state index in [-0.39, 0.29) is 0 Å². The molecular weight excluding hydrogens is 216 g/mol. The number of furan rings is 1. The minimum Gasteiger partial charge on any atom is -0.472 e. The number of ether oxygens (including phenoxy) is 1. The van der Waals surface area contributed by atoms with Crippen molar-refractivity contribution in [1.82, 2.24) is 10.2 Å². The molecule has 4 nitrogen and oxygen atoms in total. The number of rotatable bonds is 5. The molecule has 0 amide bonds. The predicted octanol–water partition coefficient (Wildman–Crippen LogP) is 1.48. The van der Waals surface area contributed by atoms with Crippen LogP contribution in [-0.2, 0) is 11.3 Å². The molecule has 0 radical (unpaired) electrons. The highest BCUT2D eigenvalue weighted by Crippen LogP contribution is 2.11. The molecule has 2 rings (SSSR count). The van der Waals surface area contributed by atoms with E-state index in [0.29, 0.717) is 12.1 Å². The van der Waals surface area contributed by atoms with Crippen LogP contribution in [0.15, 0.2) is 23.0 Å². The first kappa shape index (κ1) is 12.6. The molecule has 0 aromatic carbocycles. The molecule has 0 saturated carbocycles. The maximum absolute atomic E-state index is 5.47. The number of nitrogens with zero attached hydrogens (tertiary/aromatic N) is 1. The van der Waals surface area contributed by atoms with Crippen LogP contribution in [0.2, 0.25) is 0 Å². The van der Waals surface area contributed by atoms with Gasteiger partial charge in [-0.3, -0.25) is 4.90 Å².